The molecule has 0 spiro atoms. The maximum Gasteiger partial charge on any atom is 0.248 e. The Balaban J connectivity index is 1.51. The monoisotopic (exact) mass is 405 g/mol. The van der Waals surface area contributed by atoms with Gasteiger partial charge in [0, 0.05) is 29.7 Å². The zero-order valence-corrected chi connectivity index (χ0v) is 17.3. The van der Waals surface area contributed by atoms with Gasteiger partial charge in [-0.2, -0.15) is 0 Å². The first kappa shape index (κ1) is 21.2. The van der Waals surface area contributed by atoms with Crippen LogP contribution in [-0.2, 0) is 11.3 Å². The first-order valence-corrected chi connectivity index (χ1v) is 10.1. The summed E-state index contributed by atoms with van der Waals surface area (Å²) in [6.45, 7) is 5.37. The fourth-order valence-electron chi connectivity index (χ4n) is 2.70. The first-order chi connectivity index (χ1) is 14.6. The van der Waals surface area contributed by atoms with E-state index >= 15 is 0 Å². The zero-order chi connectivity index (χ0) is 21.2. The lowest BCUT2D eigenvalue weighted by Crippen LogP contribution is -2.10. The molecule has 0 saturated carbocycles. The third kappa shape index (κ3) is 6.51. The number of benzene rings is 2. The van der Waals surface area contributed by atoms with Gasteiger partial charge in [-0.15, -0.1) is 0 Å². The van der Waals surface area contributed by atoms with Crippen molar-refractivity contribution in [3.05, 3.63) is 78.9 Å². The molecule has 6 nitrogen and oxygen atoms in total. The van der Waals surface area contributed by atoms with Crippen molar-refractivity contribution in [3.63, 3.8) is 0 Å². The third-order valence-electron chi connectivity index (χ3n) is 4.54. The van der Waals surface area contributed by atoms with Crippen LogP contribution in [0.25, 0.3) is 6.08 Å². The van der Waals surface area contributed by atoms with Crippen LogP contribution in [0.3, 0.4) is 0 Å². The lowest BCUT2D eigenvalue weighted by atomic mass is 10.1. The minimum Gasteiger partial charge on any atom is -0.492 e. The van der Waals surface area contributed by atoms with E-state index < -0.39 is 0 Å². The molecule has 3 aromatic rings. The minimum atomic E-state index is -0.206. The normalized spacial score (nSPS) is 11.9. The molecule has 1 N–H and O–H groups in total. The van der Waals surface area contributed by atoms with E-state index in [1.807, 2.05) is 66.2 Å². The molecule has 1 aromatic heterocycles. The van der Waals surface area contributed by atoms with E-state index in [2.05, 4.69) is 17.2 Å². The highest BCUT2D eigenvalue weighted by molar-refractivity contribution is 6.02. The smallest absolute Gasteiger partial charge is 0.248 e. The van der Waals surface area contributed by atoms with Crippen LogP contribution >= 0.6 is 0 Å². The Morgan fingerprint density at radius 3 is 2.73 bits per heavy atom. The second-order valence-electron chi connectivity index (χ2n) is 6.87. The van der Waals surface area contributed by atoms with Crippen molar-refractivity contribution in [2.75, 3.05) is 11.9 Å². The topological polar surface area (TPSA) is 65.4 Å². The predicted molar refractivity (Wildman–Crippen MR) is 119 cm³/mol. The number of hydrogen-bond acceptors (Lipinski definition) is 4. The van der Waals surface area contributed by atoms with E-state index in [1.165, 1.54) is 6.08 Å². The Morgan fingerprint density at radius 1 is 1.20 bits per heavy atom. The number of nitrogens with zero attached hydrogens (tertiary/aromatic N) is 2. The molecule has 0 fully saturated rings. The second kappa shape index (κ2) is 10.9. The number of anilines is 1. The van der Waals surface area contributed by atoms with Gasteiger partial charge >= 0.3 is 0 Å². The van der Waals surface area contributed by atoms with E-state index in [0.29, 0.717) is 12.3 Å². The van der Waals surface area contributed by atoms with E-state index in [0.717, 1.165) is 30.0 Å². The van der Waals surface area contributed by atoms with Gasteiger partial charge in [0.15, 0.2) is 0 Å². The van der Waals surface area contributed by atoms with Crippen LogP contribution in [0.4, 0.5) is 5.69 Å². The molecule has 0 aliphatic heterocycles. The number of carbonyl (C=O) groups is 1. The van der Waals surface area contributed by atoms with Crippen LogP contribution in [0.15, 0.2) is 73.3 Å². The summed E-state index contributed by atoms with van der Waals surface area (Å²) in [4.78, 5) is 16.3. The van der Waals surface area contributed by atoms with Gasteiger partial charge in [-0.25, -0.2) is 4.98 Å². The van der Waals surface area contributed by atoms with Gasteiger partial charge in [0.25, 0.3) is 0 Å². The number of ether oxygens (including phenoxy) is 2. The first-order valence-electron chi connectivity index (χ1n) is 10.1. The lowest BCUT2D eigenvalue weighted by Gasteiger charge is -2.14. The highest BCUT2D eigenvalue weighted by atomic mass is 16.5. The number of nitrogens with one attached hydrogen (secondary N) is 1. The Hall–Kier alpha value is -3.54. The maximum atomic E-state index is 12.3. The maximum absolute atomic E-state index is 12.3. The summed E-state index contributed by atoms with van der Waals surface area (Å²) in [5.41, 5.74) is 1.57. The molecule has 0 aliphatic carbocycles. The van der Waals surface area contributed by atoms with Crippen LogP contribution in [0.1, 0.15) is 25.8 Å². The van der Waals surface area contributed by atoms with E-state index in [1.54, 1.807) is 18.6 Å². The molecule has 30 heavy (non-hydrogen) atoms. The number of hydrogen-bond donors (Lipinski definition) is 1. The van der Waals surface area contributed by atoms with Crippen LogP contribution in [0.5, 0.6) is 11.5 Å². The lowest BCUT2D eigenvalue weighted by molar-refractivity contribution is -0.111. The number of para-hydroxylation sites is 1. The molecule has 156 valence electrons. The van der Waals surface area contributed by atoms with Crippen molar-refractivity contribution in [1.29, 1.82) is 0 Å². The zero-order valence-electron chi connectivity index (χ0n) is 17.3. The van der Waals surface area contributed by atoms with Gasteiger partial charge < -0.3 is 19.4 Å². The van der Waals surface area contributed by atoms with Gasteiger partial charge in [0.1, 0.15) is 18.1 Å². The van der Waals surface area contributed by atoms with Crippen LogP contribution in [0, 0.1) is 0 Å². The molecule has 6 heteroatoms. The van der Waals surface area contributed by atoms with Crippen molar-refractivity contribution in [2.24, 2.45) is 0 Å². The molecule has 0 aliphatic rings. The van der Waals surface area contributed by atoms with Gasteiger partial charge in [0.2, 0.25) is 5.91 Å². The number of imidazole rings is 1. The van der Waals surface area contributed by atoms with Crippen molar-refractivity contribution < 1.29 is 14.3 Å². The fraction of sp³-hybridized carbons (Fsp3) is 0.250. The predicted octanol–water partition coefficient (Wildman–Crippen LogP) is 4.79. The van der Waals surface area contributed by atoms with E-state index in [4.69, 9.17) is 9.47 Å². The third-order valence-corrected chi connectivity index (χ3v) is 4.54. The number of amides is 1. The summed E-state index contributed by atoms with van der Waals surface area (Å²) in [7, 11) is 0. The summed E-state index contributed by atoms with van der Waals surface area (Å²) in [5, 5.41) is 2.85. The molecule has 3 rings (SSSR count). The minimum absolute atomic E-state index is 0.119. The fourth-order valence-corrected chi connectivity index (χ4v) is 2.70. The average molecular weight is 405 g/mol. The second-order valence-corrected chi connectivity index (χ2v) is 6.87. The summed E-state index contributed by atoms with van der Waals surface area (Å²) in [6, 6.07) is 15.0. The summed E-state index contributed by atoms with van der Waals surface area (Å²) in [5.74, 6) is 1.31. The molecular weight excluding hydrogens is 378 g/mol. The molecule has 0 saturated heterocycles. The molecule has 0 bridgehead atoms. The van der Waals surface area contributed by atoms with E-state index in [9.17, 15) is 4.79 Å². The quantitative estimate of drug-likeness (QED) is 0.493. The average Bonchev–Trinajstić information content (AvgIpc) is 3.28. The molecule has 1 unspecified atom stereocenters. The Kier molecular flexibility index (Phi) is 7.66. The van der Waals surface area contributed by atoms with Crippen LogP contribution < -0.4 is 14.8 Å². The molecule has 2 aromatic carbocycles. The molecule has 1 heterocycles. The van der Waals surface area contributed by atoms with Crippen LogP contribution in [-0.4, -0.2) is 28.2 Å². The molecule has 1 atom stereocenters. The standard InChI is InChI=1S/C24H27N3O3/c1-3-19(2)30-23-7-5-4-6-20(23)8-13-24(28)26-21-9-11-22(12-10-21)29-17-16-27-15-14-25-18-27/h4-15,18-19H,3,16-17H2,1-2H3,(H,26,28)/b13-8+. The van der Waals surface area contributed by atoms with E-state index in [-0.39, 0.29) is 12.0 Å². The van der Waals surface area contributed by atoms with Crippen molar-refractivity contribution in [1.82, 2.24) is 9.55 Å². The summed E-state index contributed by atoms with van der Waals surface area (Å²) in [6.07, 6.45) is 9.70. The highest BCUT2D eigenvalue weighted by Crippen LogP contribution is 2.22. The van der Waals surface area contributed by atoms with Crippen LogP contribution in [0.2, 0.25) is 0 Å². The number of carbonyl (C=O) groups excluding carboxylic acids is 1. The number of aromatic nitrogens is 2. The Morgan fingerprint density at radius 2 is 2.00 bits per heavy atom. The summed E-state index contributed by atoms with van der Waals surface area (Å²) < 4.78 is 13.6. The highest BCUT2D eigenvalue weighted by Gasteiger charge is 2.05. The van der Waals surface area contributed by atoms with Gasteiger partial charge in [-0.1, -0.05) is 25.1 Å². The SMILES string of the molecule is CCC(C)Oc1ccccc1/C=C/C(=O)Nc1ccc(OCCn2ccnc2)cc1. The van der Waals surface area contributed by atoms with Gasteiger partial charge in [-0.05, 0) is 49.8 Å². The largest absolute Gasteiger partial charge is 0.492 e. The molecule has 1 amide bonds. The van der Waals surface area contributed by atoms with Crippen molar-refractivity contribution in [3.8, 4) is 11.5 Å². The summed E-state index contributed by atoms with van der Waals surface area (Å²) >= 11 is 0. The van der Waals surface area contributed by atoms with Crippen molar-refractivity contribution >= 4 is 17.7 Å². The molecular formula is C24H27N3O3. The Labute approximate surface area is 177 Å². The molecule has 0 radical (unpaired) electrons. The van der Waals surface area contributed by atoms with Gasteiger partial charge in [-0.3, -0.25) is 4.79 Å². The number of rotatable bonds is 10. The van der Waals surface area contributed by atoms with Crippen molar-refractivity contribution in [2.45, 2.75) is 32.9 Å². The van der Waals surface area contributed by atoms with Gasteiger partial charge in [0.05, 0.1) is 19.0 Å². The Bertz CT molecular complexity index is 950.